The van der Waals surface area contributed by atoms with Crippen LogP contribution in [0.4, 0.5) is 0 Å². The third-order valence-electron chi connectivity index (χ3n) is 6.33. The molecule has 0 bridgehead atoms. The molecule has 0 aromatic carbocycles. The van der Waals surface area contributed by atoms with Gasteiger partial charge in [0.1, 0.15) is 0 Å². The van der Waals surface area contributed by atoms with E-state index >= 15 is 0 Å². The van der Waals surface area contributed by atoms with Gasteiger partial charge in [0.25, 0.3) is 0 Å². The zero-order valence-corrected chi connectivity index (χ0v) is 12.8. The number of nitrogens with one attached hydrogen (secondary N) is 2. The second-order valence-electron chi connectivity index (χ2n) is 7.44. The largest absolute Gasteiger partial charge is 0.314 e. The van der Waals surface area contributed by atoms with Gasteiger partial charge in [0.2, 0.25) is 0 Å². The quantitative estimate of drug-likeness (QED) is 0.817. The van der Waals surface area contributed by atoms with Crippen LogP contribution in [0.5, 0.6) is 0 Å². The summed E-state index contributed by atoms with van der Waals surface area (Å²) in [7, 11) is 0. The Labute approximate surface area is 119 Å². The minimum atomic E-state index is 0.794. The first-order valence-corrected chi connectivity index (χ1v) is 8.75. The maximum atomic E-state index is 4.08. The van der Waals surface area contributed by atoms with Gasteiger partial charge >= 0.3 is 0 Å². The zero-order valence-electron chi connectivity index (χ0n) is 12.8. The summed E-state index contributed by atoms with van der Waals surface area (Å²) in [6, 6.07) is 2.40. The molecule has 1 aliphatic heterocycles. The molecule has 0 aromatic rings. The molecule has 2 N–H and O–H groups in total. The minimum Gasteiger partial charge on any atom is -0.314 e. The van der Waals surface area contributed by atoms with Gasteiger partial charge in [0, 0.05) is 18.1 Å². The molecular weight excluding hydrogens is 232 g/mol. The van der Waals surface area contributed by atoms with Crippen LogP contribution in [0.1, 0.15) is 65.2 Å². The smallest absolute Gasteiger partial charge is 0.0113 e. The van der Waals surface area contributed by atoms with E-state index in [9.17, 15) is 0 Å². The van der Waals surface area contributed by atoms with E-state index in [1.165, 1.54) is 57.9 Å². The summed E-state index contributed by atoms with van der Waals surface area (Å²) in [5.41, 5.74) is 0. The van der Waals surface area contributed by atoms with Crippen molar-refractivity contribution in [2.75, 3.05) is 6.54 Å². The number of hydrogen-bond acceptors (Lipinski definition) is 2. The van der Waals surface area contributed by atoms with E-state index in [-0.39, 0.29) is 0 Å². The Balaban J connectivity index is 1.60. The molecule has 110 valence electrons. The zero-order chi connectivity index (χ0) is 13.2. The number of rotatable bonds is 3. The summed E-state index contributed by atoms with van der Waals surface area (Å²) >= 11 is 0. The van der Waals surface area contributed by atoms with Crippen LogP contribution in [0.25, 0.3) is 0 Å². The fraction of sp³-hybridized carbons (Fsp3) is 1.00. The summed E-state index contributed by atoms with van der Waals surface area (Å²) in [5, 5.41) is 7.85. The van der Waals surface area contributed by atoms with Crippen molar-refractivity contribution in [2.24, 2.45) is 17.8 Å². The first-order valence-electron chi connectivity index (χ1n) is 8.75. The highest BCUT2D eigenvalue weighted by Gasteiger charge is 2.37. The highest BCUT2D eigenvalue weighted by atomic mass is 15.0. The topological polar surface area (TPSA) is 24.1 Å². The average Bonchev–Trinajstić information content (AvgIpc) is 3.05. The van der Waals surface area contributed by atoms with Gasteiger partial charge < -0.3 is 10.6 Å². The summed E-state index contributed by atoms with van der Waals surface area (Å²) in [6.45, 7) is 6.15. The lowest BCUT2D eigenvalue weighted by Crippen LogP contribution is -2.51. The Hall–Kier alpha value is -0.0800. The fourth-order valence-electron chi connectivity index (χ4n) is 4.80. The van der Waals surface area contributed by atoms with Gasteiger partial charge in [-0.25, -0.2) is 0 Å². The molecule has 3 fully saturated rings. The Kier molecular flexibility index (Phi) is 4.48. The summed E-state index contributed by atoms with van der Waals surface area (Å²) < 4.78 is 0. The van der Waals surface area contributed by atoms with E-state index in [1.807, 2.05) is 0 Å². The monoisotopic (exact) mass is 264 g/mol. The van der Waals surface area contributed by atoms with Crippen molar-refractivity contribution < 1.29 is 0 Å². The second-order valence-corrected chi connectivity index (χ2v) is 7.44. The molecule has 1 saturated heterocycles. The van der Waals surface area contributed by atoms with Crippen molar-refractivity contribution in [1.29, 1.82) is 0 Å². The molecule has 2 nitrogen and oxygen atoms in total. The average molecular weight is 264 g/mol. The first kappa shape index (κ1) is 13.9. The fourth-order valence-corrected chi connectivity index (χ4v) is 4.80. The van der Waals surface area contributed by atoms with Crippen molar-refractivity contribution >= 4 is 0 Å². The van der Waals surface area contributed by atoms with Crippen LogP contribution in [-0.4, -0.2) is 24.7 Å². The second kappa shape index (κ2) is 6.13. The summed E-state index contributed by atoms with van der Waals surface area (Å²) in [4.78, 5) is 0. The van der Waals surface area contributed by atoms with Gasteiger partial charge in [-0.1, -0.05) is 26.7 Å². The van der Waals surface area contributed by atoms with E-state index in [1.54, 1.807) is 0 Å². The Morgan fingerprint density at radius 3 is 2.37 bits per heavy atom. The molecule has 2 aliphatic carbocycles. The summed E-state index contributed by atoms with van der Waals surface area (Å²) in [6.07, 6.45) is 11.4. The van der Waals surface area contributed by atoms with Gasteiger partial charge in [-0.3, -0.25) is 0 Å². The van der Waals surface area contributed by atoms with Crippen molar-refractivity contribution in [2.45, 2.75) is 83.3 Å². The van der Waals surface area contributed by atoms with Crippen molar-refractivity contribution in [3.05, 3.63) is 0 Å². The third kappa shape index (κ3) is 3.00. The van der Waals surface area contributed by atoms with Crippen LogP contribution in [0.2, 0.25) is 0 Å². The van der Waals surface area contributed by atoms with Crippen LogP contribution in [-0.2, 0) is 0 Å². The first-order chi connectivity index (χ1) is 9.25. The molecule has 6 unspecified atom stereocenters. The molecule has 1 heterocycles. The minimum absolute atomic E-state index is 0.794. The van der Waals surface area contributed by atoms with Crippen LogP contribution >= 0.6 is 0 Å². The van der Waals surface area contributed by atoms with Crippen molar-refractivity contribution in [1.82, 2.24) is 10.6 Å². The molecule has 19 heavy (non-hydrogen) atoms. The van der Waals surface area contributed by atoms with Crippen LogP contribution < -0.4 is 10.6 Å². The molecule has 0 amide bonds. The Morgan fingerprint density at radius 2 is 1.68 bits per heavy atom. The van der Waals surface area contributed by atoms with Crippen LogP contribution in [0.3, 0.4) is 0 Å². The molecule has 0 aromatic heterocycles. The van der Waals surface area contributed by atoms with Gasteiger partial charge in [0.15, 0.2) is 0 Å². The Bertz CT molecular complexity index is 285. The van der Waals surface area contributed by atoms with Gasteiger partial charge in [-0.2, -0.15) is 0 Å². The predicted octanol–water partition coefficient (Wildman–Crippen LogP) is 3.32. The molecule has 3 rings (SSSR count). The maximum absolute atomic E-state index is 4.08. The van der Waals surface area contributed by atoms with Gasteiger partial charge in [-0.15, -0.1) is 0 Å². The molecular formula is C17H32N2. The van der Waals surface area contributed by atoms with Crippen molar-refractivity contribution in [3.63, 3.8) is 0 Å². The van der Waals surface area contributed by atoms with E-state index in [4.69, 9.17) is 0 Å². The lowest BCUT2D eigenvalue weighted by atomic mass is 9.78. The predicted molar refractivity (Wildman–Crippen MR) is 81.3 cm³/mol. The molecule has 2 saturated carbocycles. The molecule has 3 aliphatic rings. The van der Waals surface area contributed by atoms with E-state index in [2.05, 4.69) is 24.5 Å². The molecule has 6 atom stereocenters. The standard InChI is InChI=1S/C17H32N2/c1-12-9-10-15(13(12)2)19-17-7-4-3-6-14(17)16-8-5-11-18-16/h12-19H,3-11H2,1-2H3. The van der Waals surface area contributed by atoms with E-state index in [0.29, 0.717) is 0 Å². The van der Waals surface area contributed by atoms with Crippen molar-refractivity contribution in [3.8, 4) is 0 Å². The third-order valence-corrected chi connectivity index (χ3v) is 6.33. The van der Waals surface area contributed by atoms with E-state index < -0.39 is 0 Å². The number of hydrogen-bond donors (Lipinski definition) is 2. The van der Waals surface area contributed by atoms with E-state index in [0.717, 1.165) is 35.9 Å². The van der Waals surface area contributed by atoms with Gasteiger partial charge in [0.05, 0.1) is 0 Å². The molecule has 0 radical (unpaired) electrons. The SMILES string of the molecule is CC1CCC(NC2CCCCC2C2CCCN2)C1C. The van der Waals surface area contributed by atoms with Crippen LogP contribution in [0.15, 0.2) is 0 Å². The maximum Gasteiger partial charge on any atom is 0.0113 e. The normalized spacial score (nSPS) is 47.7. The van der Waals surface area contributed by atoms with Gasteiger partial charge in [-0.05, 0) is 62.8 Å². The molecule has 0 spiro atoms. The summed E-state index contributed by atoms with van der Waals surface area (Å²) in [5.74, 6) is 2.70. The van der Waals surface area contributed by atoms with Crippen LogP contribution in [0, 0.1) is 17.8 Å². The molecule has 2 heteroatoms. The lowest BCUT2D eigenvalue weighted by Gasteiger charge is -2.39. The highest BCUT2D eigenvalue weighted by molar-refractivity contribution is 4.95. The Morgan fingerprint density at radius 1 is 0.842 bits per heavy atom. The highest BCUT2D eigenvalue weighted by Crippen LogP contribution is 2.35. The lowest BCUT2D eigenvalue weighted by molar-refractivity contribution is 0.188.